The highest BCUT2D eigenvalue weighted by Gasteiger charge is 2.48. The van der Waals surface area contributed by atoms with Crippen LogP contribution in [-0.4, -0.2) is 32.5 Å². The molecule has 1 amide bonds. The van der Waals surface area contributed by atoms with Crippen LogP contribution in [0.25, 0.3) is 5.76 Å². The Morgan fingerprint density at radius 3 is 2.36 bits per heavy atom. The second-order valence-electron chi connectivity index (χ2n) is 9.79. The molecular formula is C31H25N3O7S. The summed E-state index contributed by atoms with van der Waals surface area (Å²) in [6.07, 6.45) is 0. The fourth-order valence-electron chi connectivity index (χ4n) is 4.77. The molecule has 42 heavy (non-hydrogen) atoms. The summed E-state index contributed by atoms with van der Waals surface area (Å²) < 4.78 is 5.86. The number of anilines is 1. The molecule has 0 saturated carbocycles. The number of aryl methyl sites for hydroxylation is 2. The number of aliphatic hydroxyl groups is 1. The number of hydrogen-bond donors (Lipinski definition) is 1. The van der Waals surface area contributed by atoms with Crippen molar-refractivity contribution in [3.8, 4) is 5.75 Å². The van der Waals surface area contributed by atoms with Gasteiger partial charge >= 0.3 is 5.91 Å². The standard InChI is InChI=1S/C31H25N3O7S/c1-17-5-4-6-20(15-17)16-41-24-13-9-22(10-14-24)27(36)25-26(21-7-11-23(12-8-21)34(39)40)33(30(38)28(25)37)31-32-18(2)29(42-31)19(3)35/h4-15,26,36H,16H2,1-3H3/b27-25+. The van der Waals surface area contributed by atoms with Gasteiger partial charge in [0.15, 0.2) is 10.9 Å². The number of Topliss-reactive ketones (excluding diaryl/α,β-unsaturated/α-hetero) is 2. The van der Waals surface area contributed by atoms with Crippen molar-refractivity contribution in [2.75, 3.05) is 4.90 Å². The number of aliphatic hydroxyl groups excluding tert-OH is 1. The maximum atomic E-state index is 13.4. The Morgan fingerprint density at radius 2 is 1.76 bits per heavy atom. The number of carbonyl (C=O) groups is 3. The summed E-state index contributed by atoms with van der Waals surface area (Å²) in [6, 6.07) is 18.5. The molecule has 5 rings (SSSR count). The molecule has 212 valence electrons. The van der Waals surface area contributed by atoms with Crippen molar-refractivity contribution in [1.82, 2.24) is 4.98 Å². The van der Waals surface area contributed by atoms with Crippen molar-refractivity contribution in [3.05, 3.63) is 121 Å². The smallest absolute Gasteiger partial charge is 0.301 e. The Bertz CT molecular complexity index is 1760. The summed E-state index contributed by atoms with van der Waals surface area (Å²) in [5, 5.41) is 22.7. The van der Waals surface area contributed by atoms with Gasteiger partial charge in [0.1, 0.15) is 18.1 Å². The van der Waals surface area contributed by atoms with Crippen molar-refractivity contribution in [2.45, 2.75) is 33.4 Å². The molecular weight excluding hydrogens is 558 g/mol. The molecule has 1 atom stereocenters. The van der Waals surface area contributed by atoms with Crippen LogP contribution in [-0.2, 0) is 16.2 Å². The largest absolute Gasteiger partial charge is 0.507 e. The Hall–Kier alpha value is -5.16. The molecule has 11 heteroatoms. The van der Waals surface area contributed by atoms with E-state index in [-0.39, 0.29) is 27.7 Å². The van der Waals surface area contributed by atoms with E-state index in [4.69, 9.17) is 4.74 Å². The third-order valence-corrected chi connectivity index (χ3v) is 8.05. The van der Waals surface area contributed by atoms with E-state index in [9.17, 15) is 29.6 Å². The lowest BCUT2D eigenvalue weighted by atomic mass is 9.95. The molecule has 2 heterocycles. The van der Waals surface area contributed by atoms with Crippen LogP contribution >= 0.6 is 11.3 Å². The van der Waals surface area contributed by atoms with Crippen LogP contribution in [0.1, 0.15) is 50.6 Å². The zero-order chi connectivity index (χ0) is 30.1. The maximum Gasteiger partial charge on any atom is 0.301 e. The summed E-state index contributed by atoms with van der Waals surface area (Å²) in [6.45, 7) is 5.33. The molecule has 0 bridgehead atoms. The number of benzene rings is 3. The third-order valence-electron chi connectivity index (χ3n) is 6.79. The Balaban J connectivity index is 1.54. The van der Waals surface area contributed by atoms with E-state index >= 15 is 0 Å². The maximum absolute atomic E-state index is 13.4. The molecule has 0 aliphatic carbocycles. The first-order chi connectivity index (χ1) is 20.0. The average molecular weight is 584 g/mol. The van der Waals surface area contributed by atoms with Gasteiger partial charge < -0.3 is 9.84 Å². The van der Waals surface area contributed by atoms with E-state index in [1.807, 2.05) is 31.2 Å². The topological polar surface area (TPSA) is 140 Å². The quantitative estimate of drug-likeness (QED) is 0.0658. The number of nitro groups is 1. The Kier molecular flexibility index (Phi) is 7.68. The molecule has 0 radical (unpaired) electrons. The highest BCUT2D eigenvalue weighted by molar-refractivity contribution is 7.18. The first kappa shape index (κ1) is 28.4. The van der Waals surface area contributed by atoms with Gasteiger partial charge in [-0.3, -0.25) is 29.4 Å². The summed E-state index contributed by atoms with van der Waals surface area (Å²) in [7, 11) is 0. The van der Waals surface area contributed by atoms with Gasteiger partial charge in [0, 0.05) is 24.6 Å². The van der Waals surface area contributed by atoms with Crippen molar-refractivity contribution in [1.29, 1.82) is 0 Å². The SMILES string of the molecule is CC(=O)c1sc(N2C(=O)C(=O)/C(=C(/O)c3ccc(OCc4cccc(C)c4)cc3)C2c2ccc([N+](=O)[O-])cc2)nc1C. The van der Waals surface area contributed by atoms with Crippen molar-refractivity contribution < 1.29 is 29.2 Å². The zero-order valence-corrected chi connectivity index (χ0v) is 23.7. The molecule has 1 aliphatic heterocycles. The van der Waals surface area contributed by atoms with Gasteiger partial charge in [-0.05, 0) is 61.4 Å². The van der Waals surface area contributed by atoms with Crippen molar-refractivity contribution in [3.63, 3.8) is 0 Å². The number of aromatic nitrogens is 1. The van der Waals surface area contributed by atoms with Crippen LogP contribution < -0.4 is 9.64 Å². The predicted molar refractivity (Wildman–Crippen MR) is 157 cm³/mol. The van der Waals surface area contributed by atoms with Crippen LogP contribution in [0.3, 0.4) is 0 Å². The van der Waals surface area contributed by atoms with Crippen LogP contribution in [0, 0.1) is 24.0 Å². The molecule has 10 nitrogen and oxygen atoms in total. The van der Waals surface area contributed by atoms with E-state index in [2.05, 4.69) is 4.98 Å². The molecule has 1 unspecified atom stereocenters. The number of nitro benzene ring substituents is 1. The zero-order valence-electron chi connectivity index (χ0n) is 22.9. The van der Waals surface area contributed by atoms with Gasteiger partial charge in [0.2, 0.25) is 0 Å². The highest BCUT2D eigenvalue weighted by atomic mass is 32.1. The minimum absolute atomic E-state index is 0.0992. The average Bonchev–Trinajstić information content (AvgIpc) is 3.48. The normalized spacial score (nSPS) is 16.1. The number of ether oxygens (including phenoxy) is 1. The second kappa shape index (κ2) is 11.4. The summed E-state index contributed by atoms with van der Waals surface area (Å²) in [5.41, 5.74) is 2.73. The number of carbonyl (C=O) groups excluding carboxylic acids is 3. The lowest BCUT2D eigenvalue weighted by molar-refractivity contribution is -0.384. The Morgan fingerprint density at radius 1 is 1.07 bits per heavy atom. The molecule has 0 spiro atoms. The van der Waals surface area contributed by atoms with Crippen molar-refractivity contribution >= 4 is 45.4 Å². The monoisotopic (exact) mass is 583 g/mol. The summed E-state index contributed by atoms with van der Waals surface area (Å²) in [4.78, 5) is 55.4. The number of nitrogens with zero attached hydrogens (tertiary/aromatic N) is 3. The fourth-order valence-corrected chi connectivity index (χ4v) is 5.76. The van der Waals surface area contributed by atoms with E-state index < -0.39 is 28.4 Å². The van der Waals surface area contributed by atoms with Crippen molar-refractivity contribution in [2.24, 2.45) is 0 Å². The van der Waals surface area contributed by atoms with Crippen LogP contribution in [0.4, 0.5) is 10.8 Å². The summed E-state index contributed by atoms with van der Waals surface area (Å²) >= 11 is 0.956. The minimum atomic E-state index is -1.14. The molecule has 4 aromatic rings. The van der Waals surface area contributed by atoms with E-state index in [0.29, 0.717) is 28.5 Å². The molecule has 1 saturated heterocycles. The van der Waals surface area contributed by atoms with Crippen LogP contribution in [0.2, 0.25) is 0 Å². The number of thiazole rings is 1. The predicted octanol–water partition coefficient (Wildman–Crippen LogP) is 6.08. The van der Waals surface area contributed by atoms with Gasteiger partial charge in [0.05, 0.1) is 27.1 Å². The number of hydrogen-bond acceptors (Lipinski definition) is 9. The highest BCUT2D eigenvalue weighted by Crippen LogP contribution is 2.44. The second-order valence-corrected chi connectivity index (χ2v) is 10.8. The fraction of sp³-hybridized carbons (Fsp3) is 0.161. The number of non-ortho nitro benzene ring substituents is 1. The number of amides is 1. The number of ketones is 2. The lowest BCUT2D eigenvalue weighted by Crippen LogP contribution is -2.29. The van der Waals surface area contributed by atoms with Gasteiger partial charge in [-0.2, -0.15) is 0 Å². The van der Waals surface area contributed by atoms with Gasteiger partial charge in [0.25, 0.3) is 11.5 Å². The lowest BCUT2D eigenvalue weighted by Gasteiger charge is -2.23. The van der Waals surface area contributed by atoms with E-state index in [1.54, 1.807) is 31.2 Å². The molecule has 1 fully saturated rings. The molecule has 1 N–H and O–H groups in total. The minimum Gasteiger partial charge on any atom is -0.507 e. The van der Waals surface area contributed by atoms with E-state index in [0.717, 1.165) is 27.4 Å². The first-order valence-corrected chi connectivity index (χ1v) is 13.7. The first-order valence-electron chi connectivity index (χ1n) is 12.9. The number of rotatable bonds is 8. The molecule has 1 aliphatic rings. The Labute approximate surface area is 244 Å². The molecule has 3 aromatic carbocycles. The summed E-state index contributed by atoms with van der Waals surface area (Å²) in [5.74, 6) is -2.03. The molecule has 1 aromatic heterocycles. The van der Waals surface area contributed by atoms with Gasteiger partial charge in [-0.15, -0.1) is 0 Å². The van der Waals surface area contributed by atoms with E-state index in [1.165, 1.54) is 31.2 Å². The van der Waals surface area contributed by atoms with Crippen LogP contribution in [0.5, 0.6) is 5.75 Å². The third kappa shape index (κ3) is 5.41. The van der Waals surface area contributed by atoms with Gasteiger partial charge in [-0.1, -0.05) is 41.2 Å². The van der Waals surface area contributed by atoms with Gasteiger partial charge in [-0.25, -0.2) is 4.98 Å². The van der Waals surface area contributed by atoms with Crippen LogP contribution in [0.15, 0.2) is 78.4 Å².